The van der Waals surface area contributed by atoms with Crippen LogP contribution in [-0.4, -0.2) is 40.5 Å². The standard InChI is InChI=1S/C16H17N3O3/c20-16(21)14-8-9-15(18-17-14)19-10-4-5-12(19)11-22-13-6-2-1-3-7-13/h1-3,6-9,12H,4-5,10-11H2,(H,20,21)/t12-/m0/s1. The highest BCUT2D eigenvalue weighted by atomic mass is 16.5. The van der Waals surface area contributed by atoms with Gasteiger partial charge < -0.3 is 14.7 Å². The smallest absolute Gasteiger partial charge is 0.356 e. The number of hydrogen-bond donors (Lipinski definition) is 1. The fourth-order valence-electron chi connectivity index (χ4n) is 2.61. The third-order valence-electron chi connectivity index (χ3n) is 3.73. The summed E-state index contributed by atoms with van der Waals surface area (Å²) in [5.41, 5.74) is -0.0416. The van der Waals surface area contributed by atoms with Crippen LogP contribution in [-0.2, 0) is 0 Å². The van der Waals surface area contributed by atoms with Gasteiger partial charge in [0.2, 0.25) is 0 Å². The molecule has 1 saturated heterocycles. The van der Waals surface area contributed by atoms with Crippen LogP contribution in [0.25, 0.3) is 0 Å². The zero-order valence-electron chi connectivity index (χ0n) is 12.1. The quantitative estimate of drug-likeness (QED) is 0.912. The van der Waals surface area contributed by atoms with Crippen molar-refractivity contribution in [1.82, 2.24) is 10.2 Å². The van der Waals surface area contributed by atoms with E-state index in [0.29, 0.717) is 12.4 Å². The van der Waals surface area contributed by atoms with Crippen LogP contribution in [0.1, 0.15) is 23.3 Å². The molecule has 1 aromatic carbocycles. The Morgan fingerprint density at radius 1 is 1.23 bits per heavy atom. The highest BCUT2D eigenvalue weighted by molar-refractivity contribution is 5.85. The van der Waals surface area contributed by atoms with E-state index in [2.05, 4.69) is 15.1 Å². The minimum Gasteiger partial charge on any atom is -0.491 e. The number of benzene rings is 1. The Balaban J connectivity index is 1.66. The molecule has 3 rings (SSSR count). The molecule has 0 spiro atoms. The zero-order valence-corrected chi connectivity index (χ0v) is 12.1. The predicted molar refractivity (Wildman–Crippen MR) is 81.3 cm³/mol. The maximum atomic E-state index is 10.8. The Kier molecular flexibility index (Phi) is 4.18. The molecule has 0 saturated carbocycles. The summed E-state index contributed by atoms with van der Waals surface area (Å²) in [7, 11) is 0. The number of aromatic carboxylic acids is 1. The van der Waals surface area contributed by atoms with E-state index in [4.69, 9.17) is 9.84 Å². The highest BCUT2D eigenvalue weighted by Gasteiger charge is 2.26. The highest BCUT2D eigenvalue weighted by Crippen LogP contribution is 2.24. The molecule has 1 fully saturated rings. The number of carboxylic acid groups (broad SMARTS) is 1. The number of carboxylic acids is 1. The van der Waals surface area contributed by atoms with Crippen molar-refractivity contribution in [2.45, 2.75) is 18.9 Å². The van der Waals surface area contributed by atoms with Gasteiger partial charge in [0.15, 0.2) is 11.5 Å². The average molecular weight is 299 g/mol. The predicted octanol–water partition coefficient (Wildman–Crippen LogP) is 2.22. The molecule has 1 aliphatic heterocycles. The van der Waals surface area contributed by atoms with Crippen LogP contribution in [0.2, 0.25) is 0 Å². The van der Waals surface area contributed by atoms with Crippen LogP contribution >= 0.6 is 0 Å². The summed E-state index contributed by atoms with van der Waals surface area (Å²) in [4.78, 5) is 12.9. The summed E-state index contributed by atoms with van der Waals surface area (Å²) >= 11 is 0. The molecule has 1 atom stereocenters. The molecule has 6 nitrogen and oxygen atoms in total. The second-order valence-corrected chi connectivity index (χ2v) is 5.20. The van der Waals surface area contributed by atoms with Gasteiger partial charge in [-0.05, 0) is 37.1 Å². The Morgan fingerprint density at radius 3 is 2.73 bits per heavy atom. The maximum Gasteiger partial charge on any atom is 0.356 e. The molecule has 1 N–H and O–H groups in total. The largest absolute Gasteiger partial charge is 0.491 e. The van der Waals surface area contributed by atoms with Gasteiger partial charge in [0.05, 0.1) is 6.04 Å². The number of ether oxygens (including phenoxy) is 1. The van der Waals surface area contributed by atoms with Crippen LogP contribution in [0.4, 0.5) is 5.82 Å². The lowest BCUT2D eigenvalue weighted by Crippen LogP contribution is -2.35. The summed E-state index contributed by atoms with van der Waals surface area (Å²) in [6.07, 6.45) is 2.08. The molecule has 0 bridgehead atoms. The molecular weight excluding hydrogens is 282 g/mol. The van der Waals surface area contributed by atoms with Gasteiger partial charge in [0, 0.05) is 6.54 Å². The molecule has 6 heteroatoms. The van der Waals surface area contributed by atoms with Crippen molar-refractivity contribution in [2.24, 2.45) is 0 Å². The van der Waals surface area contributed by atoms with Crippen LogP contribution < -0.4 is 9.64 Å². The number of rotatable bonds is 5. The van der Waals surface area contributed by atoms with E-state index in [-0.39, 0.29) is 11.7 Å². The average Bonchev–Trinajstić information content (AvgIpc) is 3.02. The first-order valence-corrected chi connectivity index (χ1v) is 7.25. The fourth-order valence-corrected chi connectivity index (χ4v) is 2.61. The molecule has 2 heterocycles. The Bertz CT molecular complexity index is 631. The topological polar surface area (TPSA) is 75.5 Å². The zero-order chi connectivity index (χ0) is 15.4. The first-order chi connectivity index (χ1) is 10.7. The number of hydrogen-bond acceptors (Lipinski definition) is 5. The molecule has 0 radical (unpaired) electrons. The number of nitrogens with zero attached hydrogens (tertiary/aromatic N) is 3. The maximum absolute atomic E-state index is 10.8. The minimum atomic E-state index is -1.07. The van der Waals surface area contributed by atoms with E-state index in [1.165, 1.54) is 6.07 Å². The van der Waals surface area contributed by atoms with Crippen molar-refractivity contribution < 1.29 is 14.6 Å². The first-order valence-electron chi connectivity index (χ1n) is 7.25. The molecule has 0 amide bonds. The molecule has 0 unspecified atom stereocenters. The minimum absolute atomic E-state index is 0.0416. The van der Waals surface area contributed by atoms with Gasteiger partial charge in [-0.1, -0.05) is 18.2 Å². The van der Waals surface area contributed by atoms with Crippen molar-refractivity contribution in [1.29, 1.82) is 0 Å². The van der Waals surface area contributed by atoms with Gasteiger partial charge >= 0.3 is 5.97 Å². The van der Waals surface area contributed by atoms with Crippen molar-refractivity contribution >= 4 is 11.8 Å². The fraction of sp³-hybridized carbons (Fsp3) is 0.312. The van der Waals surface area contributed by atoms with Gasteiger partial charge in [0.25, 0.3) is 0 Å². The third kappa shape index (κ3) is 3.16. The van der Waals surface area contributed by atoms with E-state index in [1.807, 2.05) is 30.3 Å². The van der Waals surface area contributed by atoms with Gasteiger partial charge in [-0.25, -0.2) is 4.79 Å². The normalized spacial score (nSPS) is 17.5. The molecule has 22 heavy (non-hydrogen) atoms. The van der Waals surface area contributed by atoms with E-state index < -0.39 is 5.97 Å². The molecule has 114 valence electrons. The third-order valence-corrected chi connectivity index (χ3v) is 3.73. The summed E-state index contributed by atoms with van der Waals surface area (Å²) in [6, 6.07) is 13.1. The number of aromatic nitrogens is 2. The van der Waals surface area contributed by atoms with Gasteiger partial charge in [0.1, 0.15) is 12.4 Å². The lowest BCUT2D eigenvalue weighted by molar-refractivity contribution is 0.0689. The second-order valence-electron chi connectivity index (χ2n) is 5.20. The molecule has 1 aliphatic rings. The Hall–Kier alpha value is -2.63. The van der Waals surface area contributed by atoms with E-state index >= 15 is 0 Å². The SMILES string of the molecule is O=C(O)c1ccc(N2CCC[C@H]2COc2ccccc2)nn1. The molecule has 0 aliphatic carbocycles. The van der Waals surface area contributed by atoms with Crippen LogP contribution in [0.3, 0.4) is 0 Å². The van der Waals surface area contributed by atoms with Crippen molar-refractivity contribution in [3.05, 3.63) is 48.2 Å². The first kappa shape index (κ1) is 14.3. The van der Waals surface area contributed by atoms with Crippen LogP contribution in [0, 0.1) is 0 Å². The number of para-hydroxylation sites is 1. The molecule has 1 aromatic heterocycles. The van der Waals surface area contributed by atoms with Crippen molar-refractivity contribution in [2.75, 3.05) is 18.1 Å². The van der Waals surface area contributed by atoms with Crippen molar-refractivity contribution in [3.8, 4) is 5.75 Å². The van der Waals surface area contributed by atoms with E-state index in [0.717, 1.165) is 25.1 Å². The van der Waals surface area contributed by atoms with Crippen LogP contribution in [0.15, 0.2) is 42.5 Å². The Labute approximate surface area is 128 Å². The van der Waals surface area contributed by atoms with Crippen molar-refractivity contribution in [3.63, 3.8) is 0 Å². The summed E-state index contributed by atoms with van der Waals surface area (Å²) in [5.74, 6) is 0.482. The second kappa shape index (κ2) is 6.43. The van der Waals surface area contributed by atoms with Gasteiger partial charge in [-0.15, -0.1) is 10.2 Å². The van der Waals surface area contributed by atoms with Gasteiger partial charge in [-0.3, -0.25) is 0 Å². The molecule has 2 aromatic rings. The number of carbonyl (C=O) groups is 1. The van der Waals surface area contributed by atoms with Crippen LogP contribution in [0.5, 0.6) is 5.75 Å². The lowest BCUT2D eigenvalue weighted by atomic mass is 10.2. The monoisotopic (exact) mass is 299 g/mol. The molecular formula is C16H17N3O3. The van der Waals surface area contributed by atoms with E-state index in [9.17, 15) is 4.79 Å². The van der Waals surface area contributed by atoms with E-state index in [1.54, 1.807) is 6.07 Å². The van der Waals surface area contributed by atoms with Gasteiger partial charge in [-0.2, -0.15) is 0 Å². The summed E-state index contributed by atoms with van der Waals surface area (Å²) in [6.45, 7) is 1.45. The lowest BCUT2D eigenvalue weighted by Gasteiger charge is -2.25. The Morgan fingerprint density at radius 2 is 2.05 bits per heavy atom. The summed E-state index contributed by atoms with van der Waals surface area (Å²) < 4.78 is 5.82. The number of anilines is 1. The summed E-state index contributed by atoms with van der Waals surface area (Å²) in [5, 5.41) is 16.6.